The highest BCUT2D eigenvalue weighted by atomic mass is 19.3. The molecule has 0 amide bonds. The van der Waals surface area contributed by atoms with Crippen LogP contribution in [0, 0.1) is 17.0 Å². The molecule has 1 fully saturated rings. The van der Waals surface area contributed by atoms with Crippen molar-refractivity contribution >= 4 is 0 Å². The fraction of sp³-hybridized carbons (Fsp3) is 0.370. The van der Waals surface area contributed by atoms with Crippen LogP contribution in [0.15, 0.2) is 47.3 Å². The fourth-order valence-corrected chi connectivity index (χ4v) is 6.17. The van der Waals surface area contributed by atoms with E-state index in [1.807, 2.05) is 0 Å². The van der Waals surface area contributed by atoms with Gasteiger partial charge in [-0.1, -0.05) is 19.9 Å². The van der Waals surface area contributed by atoms with Crippen LogP contribution in [-0.4, -0.2) is 36.7 Å². The summed E-state index contributed by atoms with van der Waals surface area (Å²) in [5.74, 6) is -1.47. The van der Waals surface area contributed by atoms with Crippen molar-refractivity contribution in [3.8, 4) is 22.8 Å². The van der Waals surface area contributed by atoms with Crippen LogP contribution in [0.4, 0.5) is 17.6 Å². The molecule has 1 N–H and O–H groups in total. The monoisotopic (exact) mass is 525 g/mol. The fourth-order valence-electron chi connectivity index (χ4n) is 6.17. The Kier molecular flexibility index (Phi) is 5.26. The highest BCUT2D eigenvalue weighted by Crippen LogP contribution is 2.69. The molecule has 0 radical (unpaired) electrons. The molecular formula is C27H23F4N5O2. The first kappa shape index (κ1) is 24.6. The van der Waals surface area contributed by atoms with Gasteiger partial charge in [0.2, 0.25) is 5.89 Å². The van der Waals surface area contributed by atoms with Gasteiger partial charge in [-0.25, -0.2) is 27.5 Å². The number of alkyl halides is 2. The number of hydrogen-bond donors (Lipinski definition) is 1. The van der Waals surface area contributed by atoms with Gasteiger partial charge >= 0.3 is 0 Å². The molecule has 7 nitrogen and oxygen atoms in total. The summed E-state index contributed by atoms with van der Waals surface area (Å²) in [6.07, 6.45) is 2.41. The van der Waals surface area contributed by atoms with Crippen LogP contribution in [0.3, 0.4) is 0 Å². The summed E-state index contributed by atoms with van der Waals surface area (Å²) in [5.41, 5.74) is -1.72. The molecular weight excluding hydrogens is 502 g/mol. The lowest BCUT2D eigenvalue weighted by atomic mass is 9.66. The number of halogens is 4. The molecule has 3 aromatic heterocycles. The molecule has 1 aromatic carbocycles. The van der Waals surface area contributed by atoms with Crippen molar-refractivity contribution in [1.29, 1.82) is 0 Å². The van der Waals surface area contributed by atoms with Crippen LogP contribution in [-0.2, 0) is 11.0 Å². The third-order valence-electron chi connectivity index (χ3n) is 8.34. The summed E-state index contributed by atoms with van der Waals surface area (Å²) < 4.78 is 60.9. The second-order valence-corrected chi connectivity index (χ2v) is 10.6. The van der Waals surface area contributed by atoms with Crippen molar-refractivity contribution in [2.75, 3.05) is 0 Å². The molecule has 11 heteroatoms. The number of benzene rings is 1. The number of aromatic nitrogens is 5. The molecule has 6 rings (SSSR count). The Hall–Kier alpha value is -3.73. The van der Waals surface area contributed by atoms with Crippen LogP contribution >= 0.6 is 0 Å². The number of oxazole rings is 1. The standard InChI is InChI=1S/C27H23F4N5O2/c1-25(2)14-7-8-27(25,22-13(14)9-17(35-36-22)21-15(28)5-4-6-16(21)29)19-11-32-10-18(33-19)23-34-20(12-38-23)26(3,37)24(30)31/h4-6,9-12,14,24,37H,7-8H2,1-3H3/t14-,26+,27+/m0/s1. The second kappa shape index (κ2) is 8.13. The normalized spacial score (nSPS) is 23.0. The predicted octanol–water partition coefficient (Wildman–Crippen LogP) is 5.54. The van der Waals surface area contributed by atoms with E-state index in [1.54, 1.807) is 12.3 Å². The van der Waals surface area contributed by atoms with Crippen LogP contribution in [0.25, 0.3) is 22.8 Å². The summed E-state index contributed by atoms with van der Waals surface area (Å²) in [7, 11) is 0. The molecule has 3 atom stereocenters. The Morgan fingerprint density at radius 2 is 1.82 bits per heavy atom. The maximum Gasteiger partial charge on any atom is 0.272 e. The van der Waals surface area contributed by atoms with E-state index in [0.717, 1.165) is 25.2 Å². The minimum absolute atomic E-state index is 0.0292. The first-order valence-corrected chi connectivity index (χ1v) is 12.1. The van der Waals surface area contributed by atoms with E-state index in [2.05, 4.69) is 34.0 Å². The lowest BCUT2D eigenvalue weighted by molar-refractivity contribution is -0.0910. The Labute approximate surface area is 215 Å². The molecule has 4 aromatic rings. The topological polar surface area (TPSA) is 97.8 Å². The molecule has 2 aliphatic rings. The SMILES string of the molecule is CC1(C)[C@H]2CC[C@@]1(c1cncc(-c3nc([C@@](C)(O)C(F)F)co3)n1)c1nnc(-c3c(F)cccc3F)cc12. The van der Waals surface area contributed by atoms with Gasteiger partial charge in [-0.3, -0.25) is 4.98 Å². The van der Waals surface area contributed by atoms with Crippen molar-refractivity contribution in [2.24, 2.45) is 5.41 Å². The molecule has 0 spiro atoms. The summed E-state index contributed by atoms with van der Waals surface area (Å²) in [5, 5.41) is 18.8. The highest BCUT2D eigenvalue weighted by Gasteiger charge is 2.65. The molecule has 2 bridgehead atoms. The maximum absolute atomic E-state index is 14.5. The smallest absolute Gasteiger partial charge is 0.272 e. The third-order valence-corrected chi connectivity index (χ3v) is 8.34. The Bertz CT molecular complexity index is 1550. The van der Waals surface area contributed by atoms with Crippen LogP contribution in [0.2, 0.25) is 0 Å². The summed E-state index contributed by atoms with van der Waals surface area (Å²) in [4.78, 5) is 13.1. The molecule has 196 valence electrons. The molecule has 38 heavy (non-hydrogen) atoms. The first-order valence-electron chi connectivity index (χ1n) is 12.1. The van der Waals surface area contributed by atoms with Gasteiger partial charge < -0.3 is 9.52 Å². The molecule has 1 saturated carbocycles. The second-order valence-electron chi connectivity index (χ2n) is 10.6. The molecule has 2 aliphatic carbocycles. The minimum Gasteiger partial charge on any atom is -0.443 e. The number of nitrogens with zero attached hydrogens (tertiary/aromatic N) is 5. The lowest BCUT2D eigenvalue weighted by Crippen LogP contribution is -2.38. The zero-order chi connectivity index (χ0) is 27.0. The van der Waals surface area contributed by atoms with Gasteiger partial charge in [-0.2, -0.15) is 5.10 Å². The predicted molar refractivity (Wildman–Crippen MR) is 127 cm³/mol. The Balaban J connectivity index is 1.46. The van der Waals surface area contributed by atoms with Crippen LogP contribution in [0.5, 0.6) is 0 Å². The van der Waals surface area contributed by atoms with Crippen LogP contribution in [0.1, 0.15) is 62.2 Å². The average Bonchev–Trinajstić information content (AvgIpc) is 3.53. The van der Waals surface area contributed by atoms with E-state index in [4.69, 9.17) is 9.40 Å². The van der Waals surface area contributed by atoms with Gasteiger partial charge in [0.1, 0.15) is 29.3 Å². The maximum atomic E-state index is 14.5. The number of aliphatic hydroxyl groups is 1. The molecule has 0 saturated heterocycles. The van der Waals surface area contributed by atoms with Crippen molar-refractivity contribution in [1.82, 2.24) is 25.1 Å². The van der Waals surface area contributed by atoms with Gasteiger partial charge in [0.25, 0.3) is 6.43 Å². The van der Waals surface area contributed by atoms with Gasteiger partial charge in [0.05, 0.1) is 34.3 Å². The molecule has 0 aliphatic heterocycles. The average molecular weight is 526 g/mol. The number of fused-ring (bicyclic) bond motifs is 5. The van der Waals surface area contributed by atoms with Gasteiger partial charge in [0, 0.05) is 6.20 Å². The van der Waals surface area contributed by atoms with Crippen molar-refractivity contribution in [3.63, 3.8) is 0 Å². The Morgan fingerprint density at radius 1 is 1.08 bits per heavy atom. The largest absolute Gasteiger partial charge is 0.443 e. The quantitative estimate of drug-likeness (QED) is 0.342. The summed E-state index contributed by atoms with van der Waals surface area (Å²) in [6, 6.07) is 5.37. The van der Waals surface area contributed by atoms with E-state index in [0.29, 0.717) is 17.8 Å². The highest BCUT2D eigenvalue weighted by molar-refractivity contribution is 5.64. The zero-order valence-electron chi connectivity index (χ0n) is 20.7. The van der Waals surface area contributed by atoms with Gasteiger partial charge in [-0.05, 0) is 54.9 Å². The summed E-state index contributed by atoms with van der Waals surface area (Å²) in [6.45, 7) is 5.14. The minimum atomic E-state index is -3.07. The molecule has 0 unspecified atom stereocenters. The van der Waals surface area contributed by atoms with Crippen molar-refractivity contribution < 1.29 is 27.1 Å². The van der Waals surface area contributed by atoms with Crippen molar-refractivity contribution in [3.05, 3.63) is 77.2 Å². The van der Waals surface area contributed by atoms with Crippen molar-refractivity contribution in [2.45, 2.75) is 57.0 Å². The lowest BCUT2D eigenvalue weighted by Gasteiger charge is -2.37. The summed E-state index contributed by atoms with van der Waals surface area (Å²) >= 11 is 0. The molecule has 3 heterocycles. The van der Waals surface area contributed by atoms with Gasteiger partial charge in [0.15, 0.2) is 5.60 Å². The van der Waals surface area contributed by atoms with E-state index in [-0.39, 0.29) is 34.5 Å². The van der Waals surface area contributed by atoms with Crippen LogP contribution < -0.4 is 0 Å². The Morgan fingerprint density at radius 3 is 2.53 bits per heavy atom. The van der Waals surface area contributed by atoms with E-state index in [9.17, 15) is 22.7 Å². The number of rotatable bonds is 5. The van der Waals surface area contributed by atoms with E-state index >= 15 is 0 Å². The van der Waals surface area contributed by atoms with Gasteiger partial charge in [-0.15, -0.1) is 5.10 Å². The van der Waals surface area contributed by atoms with E-state index in [1.165, 1.54) is 24.4 Å². The third kappa shape index (κ3) is 3.20. The van der Waals surface area contributed by atoms with E-state index < -0.39 is 34.5 Å². The first-order chi connectivity index (χ1) is 18.0. The zero-order valence-corrected chi connectivity index (χ0v) is 20.7. The number of hydrogen-bond acceptors (Lipinski definition) is 7.